The number of aryl methyl sites for hydroxylation is 1. The van der Waals surface area contributed by atoms with Crippen LogP contribution in [0.25, 0.3) is 27.3 Å². The van der Waals surface area contributed by atoms with Crippen molar-refractivity contribution in [1.29, 1.82) is 0 Å². The summed E-state index contributed by atoms with van der Waals surface area (Å²) in [7, 11) is 0. The van der Waals surface area contributed by atoms with Crippen molar-refractivity contribution in [2.75, 3.05) is 0 Å². The SMILES string of the molecule is CC[C@@H]1CCc2c(sc3ncn4nc(-c5ccccc5[N+](=O)[O-])nc4c23)C1. The van der Waals surface area contributed by atoms with Gasteiger partial charge in [-0.25, -0.2) is 14.5 Å². The molecule has 0 unspecified atom stereocenters. The van der Waals surface area contributed by atoms with Gasteiger partial charge in [-0.1, -0.05) is 25.5 Å². The molecule has 7 nitrogen and oxygen atoms in total. The molecule has 0 fully saturated rings. The van der Waals surface area contributed by atoms with Crippen LogP contribution in [0, 0.1) is 16.0 Å². The van der Waals surface area contributed by atoms with Crippen molar-refractivity contribution in [3.05, 3.63) is 51.1 Å². The average molecular weight is 379 g/mol. The zero-order valence-corrected chi connectivity index (χ0v) is 15.6. The van der Waals surface area contributed by atoms with Crippen LogP contribution in [0.5, 0.6) is 0 Å². The molecule has 0 aliphatic heterocycles. The topological polar surface area (TPSA) is 86.2 Å². The van der Waals surface area contributed by atoms with Crippen molar-refractivity contribution in [3.8, 4) is 11.4 Å². The molecule has 27 heavy (non-hydrogen) atoms. The molecule has 3 aromatic heterocycles. The summed E-state index contributed by atoms with van der Waals surface area (Å²) in [6.45, 7) is 2.25. The lowest BCUT2D eigenvalue weighted by molar-refractivity contribution is -0.384. The van der Waals surface area contributed by atoms with Crippen LogP contribution >= 0.6 is 11.3 Å². The minimum atomic E-state index is -0.397. The van der Waals surface area contributed by atoms with Gasteiger partial charge in [-0.15, -0.1) is 16.4 Å². The molecule has 1 aliphatic carbocycles. The fourth-order valence-electron chi connectivity index (χ4n) is 3.93. The summed E-state index contributed by atoms with van der Waals surface area (Å²) >= 11 is 1.75. The maximum absolute atomic E-state index is 11.4. The predicted molar refractivity (Wildman–Crippen MR) is 104 cm³/mol. The van der Waals surface area contributed by atoms with Gasteiger partial charge in [0.05, 0.1) is 15.9 Å². The Kier molecular flexibility index (Phi) is 3.68. The van der Waals surface area contributed by atoms with Crippen LogP contribution in [0.15, 0.2) is 30.6 Å². The Morgan fingerprint density at radius 1 is 1.37 bits per heavy atom. The van der Waals surface area contributed by atoms with E-state index in [1.54, 1.807) is 40.4 Å². The number of hydrogen-bond donors (Lipinski definition) is 0. The van der Waals surface area contributed by atoms with Gasteiger partial charge < -0.3 is 0 Å². The van der Waals surface area contributed by atoms with E-state index in [-0.39, 0.29) is 5.69 Å². The highest BCUT2D eigenvalue weighted by Gasteiger charge is 2.25. The lowest BCUT2D eigenvalue weighted by Gasteiger charge is -2.20. The molecule has 1 aliphatic rings. The number of nitro benzene ring substituents is 1. The average Bonchev–Trinajstić information content (AvgIpc) is 3.27. The van der Waals surface area contributed by atoms with E-state index >= 15 is 0 Å². The second-order valence-corrected chi connectivity index (χ2v) is 8.01. The number of aromatic nitrogens is 4. The third kappa shape index (κ3) is 2.51. The van der Waals surface area contributed by atoms with E-state index in [0.717, 1.165) is 34.6 Å². The van der Waals surface area contributed by atoms with E-state index in [4.69, 9.17) is 0 Å². The lowest BCUT2D eigenvalue weighted by Crippen LogP contribution is -2.11. The van der Waals surface area contributed by atoms with Crippen molar-refractivity contribution in [2.45, 2.75) is 32.6 Å². The van der Waals surface area contributed by atoms with Crippen LogP contribution in [0.2, 0.25) is 0 Å². The number of nitro groups is 1. The van der Waals surface area contributed by atoms with Crippen molar-refractivity contribution >= 4 is 32.9 Å². The number of benzene rings is 1. The second-order valence-electron chi connectivity index (χ2n) is 6.92. The molecular formula is C19H17N5O2S. The number of para-hydroxylation sites is 1. The second kappa shape index (κ2) is 6.09. The zero-order chi connectivity index (χ0) is 18.5. The number of fused-ring (bicyclic) bond motifs is 5. The normalized spacial score (nSPS) is 16.7. The largest absolute Gasteiger partial charge is 0.280 e. The molecule has 3 heterocycles. The highest BCUT2D eigenvalue weighted by molar-refractivity contribution is 7.19. The molecule has 0 amide bonds. The summed E-state index contributed by atoms with van der Waals surface area (Å²) in [5.41, 5.74) is 2.50. The highest BCUT2D eigenvalue weighted by Crippen LogP contribution is 2.40. The number of rotatable bonds is 3. The summed E-state index contributed by atoms with van der Waals surface area (Å²) in [4.78, 5) is 22.6. The molecule has 0 radical (unpaired) electrons. The predicted octanol–water partition coefficient (Wildman–Crippen LogP) is 4.43. The maximum Gasteiger partial charge on any atom is 0.280 e. The first-order valence-electron chi connectivity index (χ1n) is 9.05. The molecule has 5 rings (SSSR count). The Bertz CT molecular complexity index is 1200. The standard InChI is InChI=1S/C19H17N5O2S/c1-2-11-7-8-13-15(9-11)27-19-16(13)18-21-17(22-23(18)10-20-19)12-5-3-4-6-14(12)24(25)26/h3-6,10-11H,2,7-9H2,1H3/t11-/m1/s1. The van der Waals surface area contributed by atoms with E-state index in [1.807, 2.05) is 0 Å². The first-order valence-corrected chi connectivity index (χ1v) is 9.86. The number of nitrogens with zero attached hydrogens (tertiary/aromatic N) is 5. The van der Waals surface area contributed by atoms with Gasteiger partial charge in [0.1, 0.15) is 11.2 Å². The summed E-state index contributed by atoms with van der Waals surface area (Å²) in [6.07, 6.45) is 6.17. The van der Waals surface area contributed by atoms with Crippen molar-refractivity contribution < 1.29 is 4.92 Å². The van der Waals surface area contributed by atoms with Gasteiger partial charge in [0, 0.05) is 10.9 Å². The Balaban J connectivity index is 1.72. The molecule has 4 aromatic rings. The first-order chi connectivity index (χ1) is 13.2. The summed E-state index contributed by atoms with van der Waals surface area (Å²) in [5, 5.41) is 16.9. The molecule has 0 spiro atoms. The lowest BCUT2D eigenvalue weighted by atomic mass is 9.86. The minimum absolute atomic E-state index is 0.00995. The van der Waals surface area contributed by atoms with Gasteiger partial charge in [-0.2, -0.15) is 0 Å². The van der Waals surface area contributed by atoms with Crippen molar-refractivity contribution in [3.63, 3.8) is 0 Å². The van der Waals surface area contributed by atoms with Crippen LogP contribution in [-0.2, 0) is 12.8 Å². The van der Waals surface area contributed by atoms with Crippen molar-refractivity contribution in [2.24, 2.45) is 5.92 Å². The van der Waals surface area contributed by atoms with Crippen LogP contribution < -0.4 is 0 Å². The Morgan fingerprint density at radius 2 is 2.22 bits per heavy atom. The molecule has 0 N–H and O–H groups in total. The minimum Gasteiger partial charge on any atom is -0.258 e. The molecule has 0 bridgehead atoms. The van der Waals surface area contributed by atoms with Crippen LogP contribution in [0.4, 0.5) is 5.69 Å². The van der Waals surface area contributed by atoms with E-state index in [9.17, 15) is 10.1 Å². The maximum atomic E-state index is 11.4. The zero-order valence-electron chi connectivity index (χ0n) is 14.8. The summed E-state index contributed by atoms with van der Waals surface area (Å²) in [6, 6.07) is 6.58. The van der Waals surface area contributed by atoms with Gasteiger partial charge in [-0.05, 0) is 36.8 Å². The monoisotopic (exact) mass is 379 g/mol. The van der Waals surface area contributed by atoms with Crippen LogP contribution in [-0.4, -0.2) is 24.5 Å². The fourth-order valence-corrected chi connectivity index (χ4v) is 5.22. The van der Waals surface area contributed by atoms with Gasteiger partial charge in [-0.3, -0.25) is 10.1 Å². The summed E-state index contributed by atoms with van der Waals surface area (Å²) < 4.78 is 1.65. The molecule has 1 atom stereocenters. The molecule has 1 aromatic carbocycles. The number of thiophene rings is 1. The third-order valence-corrected chi connectivity index (χ3v) is 6.57. The fraction of sp³-hybridized carbons (Fsp3) is 0.316. The molecule has 0 saturated heterocycles. The smallest absolute Gasteiger partial charge is 0.258 e. The Labute approximate surface area is 158 Å². The van der Waals surface area contributed by atoms with Crippen LogP contribution in [0.3, 0.4) is 0 Å². The van der Waals surface area contributed by atoms with E-state index in [1.165, 1.54) is 29.3 Å². The van der Waals surface area contributed by atoms with Gasteiger partial charge in [0.2, 0.25) is 0 Å². The first kappa shape index (κ1) is 16.3. The quantitative estimate of drug-likeness (QED) is 0.388. The van der Waals surface area contributed by atoms with Gasteiger partial charge in [0.25, 0.3) is 5.69 Å². The summed E-state index contributed by atoms with van der Waals surface area (Å²) in [5.74, 6) is 1.10. The van der Waals surface area contributed by atoms with Crippen molar-refractivity contribution in [1.82, 2.24) is 19.6 Å². The molecular weight excluding hydrogens is 362 g/mol. The van der Waals surface area contributed by atoms with E-state index in [2.05, 4.69) is 22.0 Å². The highest BCUT2D eigenvalue weighted by atomic mass is 32.1. The van der Waals surface area contributed by atoms with Gasteiger partial charge >= 0.3 is 0 Å². The molecule has 0 saturated carbocycles. The number of hydrogen-bond acceptors (Lipinski definition) is 6. The van der Waals surface area contributed by atoms with E-state index < -0.39 is 4.92 Å². The van der Waals surface area contributed by atoms with Crippen LogP contribution in [0.1, 0.15) is 30.2 Å². The Hall–Kier alpha value is -2.87. The van der Waals surface area contributed by atoms with Gasteiger partial charge in [0.15, 0.2) is 11.5 Å². The van der Waals surface area contributed by atoms with E-state index in [0.29, 0.717) is 11.4 Å². The Morgan fingerprint density at radius 3 is 3.04 bits per heavy atom. The third-order valence-electron chi connectivity index (χ3n) is 5.41. The molecule has 8 heteroatoms. The molecule has 136 valence electrons.